The Balaban J connectivity index is 1.96. The number of rotatable bonds is 5. The molecule has 2 heterocycles. The molecule has 0 aliphatic heterocycles. The molecule has 25 heavy (non-hydrogen) atoms. The molecular weight excluding hydrogens is 312 g/mol. The molecule has 5 heteroatoms. The Morgan fingerprint density at radius 1 is 1.16 bits per heavy atom. The average molecular weight is 334 g/mol. The average Bonchev–Trinajstić information content (AvgIpc) is 2.99. The number of pyridine rings is 1. The highest BCUT2D eigenvalue weighted by molar-refractivity contribution is 5.95. The van der Waals surface area contributed by atoms with E-state index >= 15 is 0 Å². The van der Waals surface area contributed by atoms with E-state index in [0.29, 0.717) is 12.1 Å². The quantitative estimate of drug-likeness (QED) is 0.717. The zero-order chi connectivity index (χ0) is 17.8. The van der Waals surface area contributed by atoms with Crippen LogP contribution in [-0.4, -0.2) is 25.6 Å². The fraction of sp³-hybridized carbons (Fsp3) is 0.250. The van der Waals surface area contributed by atoms with Crippen LogP contribution in [0.3, 0.4) is 0 Å². The summed E-state index contributed by atoms with van der Waals surface area (Å²) in [5.41, 5.74) is 3.44. The van der Waals surface area contributed by atoms with Gasteiger partial charge in [0.1, 0.15) is 0 Å². The normalized spacial score (nSPS) is 12.0. The van der Waals surface area contributed by atoms with Crippen LogP contribution in [0.4, 0.5) is 0 Å². The fourth-order valence-electron chi connectivity index (χ4n) is 2.81. The second-order valence-electron chi connectivity index (χ2n) is 6.12. The molecule has 128 valence electrons. The zero-order valence-electron chi connectivity index (χ0n) is 14.8. The first-order valence-corrected chi connectivity index (χ1v) is 8.32. The maximum absolute atomic E-state index is 13.2. The number of nitrogens with zero attached hydrogens (tertiary/aromatic N) is 4. The van der Waals surface area contributed by atoms with Crippen molar-refractivity contribution in [2.45, 2.75) is 26.4 Å². The molecular formula is C20H22N4O. The minimum atomic E-state index is -0.145. The van der Waals surface area contributed by atoms with Gasteiger partial charge in [-0.15, -0.1) is 0 Å². The second-order valence-corrected chi connectivity index (χ2v) is 6.12. The summed E-state index contributed by atoms with van der Waals surface area (Å²) < 4.78 is 1.72. The van der Waals surface area contributed by atoms with E-state index in [1.54, 1.807) is 17.1 Å². The van der Waals surface area contributed by atoms with Crippen molar-refractivity contribution in [2.24, 2.45) is 7.05 Å². The Hall–Kier alpha value is -2.95. The highest BCUT2D eigenvalue weighted by atomic mass is 16.2. The number of carbonyl (C=O) groups excluding carboxylic acids is 1. The van der Waals surface area contributed by atoms with Crippen LogP contribution in [0.5, 0.6) is 0 Å². The molecule has 3 aromatic rings. The van der Waals surface area contributed by atoms with E-state index in [9.17, 15) is 4.79 Å². The molecule has 0 aliphatic rings. The summed E-state index contributed by atoms with van der Waals surface area (Å²) in [6, 6.07) is 15.6. The van der Waals surface area contributed by atoms with E-state index < -0.39 is 0 Å². The molecule has 1 atom stereocenters. The molecule has 2 aromatic heterocycles. The van der Waals surface area contributed by atoms with Gasteiger partial charge in [0.05, 0.1) is 23.5 Å². The van der Waals surface area contributed by atoms with Gasteiger partial charge >= 0.3 is 0 Å². The van der Waals surface area contributed by atoms with Crippen LogP contribution in [0.2, 0.25) is 0 Å². The molecule has 0 N–H and O–H groups in total. The van der Waals surface area contributed by atoms with E-state index in [2.05, 4.69) is 10.1 Å². The van der Waals surface area contributed by atoms with Crippen LogP contribution in [0, 0.1) is 6.92 Å². The van der Waals surface area contributed by atoms with Gasteiger partial charge in [0.25, 0.3) is 5.91 Å². The minimum Gasteiger partial charge on any atom is -0.326 e. The lowest BCUT2D eigenvalue weighted by Gasteiger charge is -2.29. The van der Waals surface area contributed by atoms with E-state index in [1.807, 2.05) is 74.3 Å². The minimum absolute atomic E-state index is 0.0346. The SMILES string of the molecule is Cc1c(C(=O)N(Cc2ccccc2)[C@H](C)c2ccccn2)cnn1C. The van der Waals surface area contributed by atoms with Crippen LogP contribution in [0.15, 0.2) is 60.9 Å². The Morgan fingerprint density at radius 2 is 1.88 bits per heavy atom. The van der Waals surface area contributed by atoms with Gasteiger partial charge in [0.2, 0.25) is 0 Å². The largest absolute Gasteiger partial charge is 0.326 e. The summed E-state index contributed by atoms with van der Waals surface area (Å²) >= 11 is 0. The molecule has 0 saturated carbocycles. The first kappa shape index (κ1) is 16.9. The lowest BCUT2D eigenvalue weighted by molar-refractivity contribution is 0.0669. The maximum atomic E-state index is 13.2. The maximum Gasteiger partial charge on any atom is 0.258 e. The molecule has 0 spiro atoms. The van der Waals surface area contributed by atoms with Crippen molar-refractivity contribution in [2.75, 3.05) is 0 Å². The van der Waals surface area contributed by atoms with Gasteiger partial charge in [0.15, 0.2) is 0 Å². The topological polar surface area (TPSA) is 51.0 Å². The van der Waals surface area contributed by atoms with Crippen molar-refractivity contribution in [3.8, 4) is 0 Å². The predicted octanol–water partition coefficient (Wildman–Crippen LogP) is 3.53. The lowest BCUT2D eigenvalue weighted by Crippen LogP contribution is -2.33. The van der Waals surface area contributed by atoms with Crippen molar-refractivity contribution in [1.82, 2.24) is 19.7 Å². The van der Waals surface area contributed by atoms with Crippen LogP contribution in [0.1, 0.15) is 40.3 Å². The number of aromatic nitrogens is 3. The molecule has 0 bridgehead atoms. The highest BCUT2D eigenvalue weighted by Crippen LogP contribution is 2.24. The van der Waals surface area contributed by atoms with Crippen molar-refractivity contribution < 1.29 is 4.79 Å². The number of hydrogen-bond acceptors (Lipinski definition) is 3. The van der Waals surface area contributed by atoms with Gasteiger partial charge in [-0.25, -0.2) is 0 Å². The Morgan fingerprint density at radius 3 is 2.48 bits per heavy atom. The van der Waals surface area contributed by atoms with Crippen molar-refractivity contribution >= 4 is 5.91 Å². The van der Waals surface area contributed by atoms with Crippen molar-refractivity contribution in [3.05, 3.63) is 83.4 Å². The number of amides is 1. The Kier molecular flexibility index (Phi) is 4.93. The highest BCUT2D eigenvalue weighted by Gasteiger charge is 2.26. The standard InChI is InChI=1S/C20H22N4O/c1-15-18(13-22-23(15)3)20(25)24(14-17-9-5-4-6-10-17)16(2)19-11-7-8-12-21-19/h4-13,16H,14H2,1-3H3/t16-/m1/s1. The third kappa shape index (κ3) is 3.60. The monoisotopic (exact) mass is 334 g/mol. The van der Waals surface area contributed by atoms with E-state index in [4.69, 9.17) is 0 Å². The fourth-order valence-corrected chi connectivity index (χ4v) is 2.81. The molecule has 0 unspecified atom stereocenters. The van der Waals surface area contributed by atoms with Gasteiger partial charge in [-0.3, -0.25) is 14.5 Å². The van der Waals surface area contributed by atoms with Crippen LogP contribution < -0.4 is 0 Å². The predicted molar refractivity (Wildman–Crippen MR) is 96.9 cm³/mol. The van der Waals surface area contributed by atoms with Gasteiger partial charge in [0, 0.05) is 25.5 Å². The summed E-state index contributed by atoms with van der Waals surface area (Å²) in [5.74, 6) is -0.0346. The molecule has 3 rings (SSSR count). The summed E-state index contributed by atoms with van der Waals surface area (Å²) in [7, 11) is 1.84. The van der Waals surface area contributed by atoms with E-state index in [1.165, 1.54) is 0 Å². The summed E-state index contributed by atoms with van der Waals surface area (Å²) in [6.45, 7) is 4.44. The number of carbonyl (C=O) groups is 1. The molecule has 0 saturated heterocycles. The van der Waals surface area contributed by atoms with Crippen molar-refractivity contribution in [1.29, 1.82) is 0 Å². The molecule has 0 aliphatic carbocycles. The van der Waals surface area contributed by atoms with E-state index in [0.717, 1.165) is 17.0 Å². The number of hydrogen-bond donors (Lipinski definition) is 0. The Labute approximate surface area is 147 Å². The van der Waals surface area contributed by atoms with Gasteiger partial charge in [-0.1, -0.05) is 36.4 Å². The number of aryl methyl sites for hydroxylation is 1. The number of benzene rings is 1. The molecule has 0 fully saturated rings. The van der Waals surface area contributed by atoms with Gasteiger partial charge in [-0.2, -0.15) is 5.10 Å². The van der Waals surface area contributed by atoms with Crippen LogP contribution >= 0.6 is 0 Å². The first-order chi connectivity index (χ1) is 12.1. The summed E-state index contributed by atoms with van der Waals surface area (Å²) in [6.07, 6.45) is 3.40. The van der Waals surface area contributed by atoms with Crippen LogP contribution in [0.25, 0.3) is 0 Å². The third-order valence-electron chi connectivity index (χ3n) is 4.51. The second kappa shape index (κ2) is 7.30. The third-order valence-corrected chi connectivity index (χ3v) is 4.51. The van der Waals surface area contributed by atoms with E-state index in [-0.39, 0.29) is 11.9 Å². The van der Waals surface area contributed by atoms with Crippen LogP contribution in [-0.2, 0) is 13.6 Å². The first-order valence-electron chi connectivity index (χ1n) is 8.32. The molecule has 5 nitrogen and oxygen atoms in total. The summed E-state index contributed by atoms with van der Waals surface area (Å²) in [5, 5.41) is 4.21. The smallest absolute Gasteiger partial charge is 0.258 e. The Bertz CT molecular complexity index is 843. The molecule has 1 aromatic carbocycles. The van der Waals surface area contributed by atoms with Gasteiger partial charge < -0.3 is 4.90 Å². The zero-order valence-corrected chi connectivity index (χ0v) is 14.8. The summed E-state index contributed by atoms with van der Waals surface area (Å²) in [4.78, 5) is 19.5. The lowest BCUT2D eigenvalue weighted by atomic mass is 10.1. The van der Waals surface area contributed by atoms with Crippen molar-refractivity contribution in [3.63, 3.8) is 0 Å². The molecule has 1 amide bonds. The molecule has 0 radical (unpaired) electrons. The van der Waals surface area contributed by atoms with Gasteiger partial charge in [-0.05, 0) is 31.5 Å².